The summed E-state index contributed by atoms with van der Waals surface area (Å²) in [6, 6.07) is 10.6. The highest BCUT2D eigenvalue weighted by molar-refractivity contribution is 9.10. The molecule has 3 nitrogen and oxygen atoms in total. The van der Waals surface area contributed by atoms with E-state index in [-0.39, 0.29) is 5.78 Å². The minimum atomic E-state index is -0.105. The molecule has 0 fully saturated rings. The zero-order valence-electron chi connectivity index (χ0n) is 10.9. The van der Waals surface area contributed by atoms with Crippen LogP contribution in [-0.2, 0) is 0 Å². The SMILES string of the molecule is COc1ccc(C(=O)c2cc(Br)ccc2OC)cc1Br. The highest BCUT2D eigenvalue weighted by Gasteiger charge is 2.16. The second-order valence-electron chi connectivity index (χ2n) is 4.02. The fourth-order valence-corrected chi connectivity index (χ4v) is 2.72. The maximum absolute atomic E-state index is 12.6. The zero-order valence-corrected chi connectivity index (χ0v) is 14.1. The lowest BCUT2D eigenvalue weighted by molar-refractivity contribution is 0.103. The van der Waals surface area contributed by atoms with Gasteiger partial charge in [0.2, 0.25) is 0 Å². The van der Waals surface area contributed by atoms with Crippen LogP contribution in [0.15, 0.2) is 45.3 Å². The van der Waals surface area contributed by atoms with E-state index in [1.54, 1.807) is 44.6 Å². The second-order valence-corrected chi connectivity index (χ2v) is 5.79. The number of rotatable bonds is 4. The van der Waals surface area contributed by atoms with Crippen molar-refractivity contribution >= 4 is 37.6 Å². The second kappa shape index (κ2) is 6.41. The van der Waals surface area contributed by atoms with E-state index in [0.717, 1.165) is 8.95 Å². The number of methoxy groups -OCH3 is 2. The van der Waals surface area contributed by atoms with Gasteiger partial charge in [0.15, 0.2) is 5.78 Å². The molecule has 0 aliphatic carbocycles. The van der Waals surface area contributed by atoms with Crippen LogP contribution in [0.2, 0.25) is 0 Å². The Balaban J connectivity index is 2.46. The normalized spacial score (nSPS) is 10.2. The molecule has 0 heterocycles. The topological polar surface area (TPSA) is 35.5 Å². The van der Waals surface area contributed by atoms with Gasteiger partial charge in [-0.3, -0.25) is 4.79 Å². The fraction of sp³-hybridized carbons (Fsp3) is 0.133. The summed E-state index contributed by atoms with van der Waals surface area (Å²) in [4.78, 5) is 12.6. The van der Waals surface area contributed by atoms with E-state index in [4.69, 9.17) is 9.47 Å². The van der Waals surface area contributed by atoms with Crippen molar-refractivity contribution in [1.29, 1.82) is 0 Å². The largest absolute Gasteiger partial charge is 0.496 e. The lowest BCUT2D eigenvalue weighted by atomic mass is 10.0. The Morgan fingerprint density at radius 1 is 0.950 bits per heavy atom. The molecule has 20 heavy (non-hydrogen) atoms. The summed E-state index contributed by atoms with van der Waals surface area (Å²) < 4.78 is 12.0. The molecule has 0 unspecified atom stereocenters. The zero-order chi connectivity index (χ0) is 14.7. The Kier molecular flexibility index (Phi) is 4.83. The number of carbonyl (C=O) groups excluding carboxylic acids is 1. The predicted octanol–water partition coefficient (Wildman–Crippen LogP) is 4.46. The molecule has 2 rings (SSSR count). The van der Waals surface area contributed by atoms with Gasteiger partial charge < -0.3 is 9.47 Å². The molecule has 104 valence electrons. The average molecular weight is 400 g/mol. The predicted molar refractivity (Wildman–Crippen MR) is 84.8 cm³/mol. The van der Waals surface area contributed by atoms with Crippen LogP contribution in [0, 0.1) is 0 Å². The van der Waals surface area contributed by atoms with Crippen LogP contribution in [0.4, 0.5) is 0 Å². The summed E-state index contributed by atoms with van der Waals surface area (Å²) in [5.41, 5.74) is 1.08. The summed E-state index contributed by atoms with van der Waals surface area (Å²) in [5.74, 6) is 1.12. The Morgan fingerprint density at radius 2 is 1.60 bits per heavy atom. The van der Waals surface area contributed by atoms with Crippen LogP contribution in [-0.4, -0.2) is 20.0 Å². The van der Waals surface area contributed by atoms with Crippen molar-refractivity contribution in [2.45, 2.75) is 0 Å². The molecule has 0 aromatic heterocycles. The van der Waals surface area contributed by atoms with Gasteiger partial charge in [0.05, 0.1) is 24.3 Å². The smallest absolute Gasteiger partial charge is 0.196 e. The third-order valence-corrected chi connectivity index (χ3v) is 3.93. The van der Waals surface area contributed by atoms with E-state index >= 15 is 0 Å². The summed E-state index contributed by atoms with van der Waals surface area (Å²) in [5, 5.41) is 0. The van der Waals surface area contributed by atoms with E-state index in [1.165, 1.54) is 0 Å². The van der Waals surface area contributed by atoms with E-state index in [0.29, 0.717) is 22.6 Å². The van der Waals surface area contributed by atoms with Gasteiger partial charge in [-0.05, 0) is 52.3 Å². The monoisotopic (exact) mass is 398 g/mol. The Hall–Kier alpha value is -1.33. The molecular weight excluding hydrogens is 388 g/mol. The quantitative estimate of drug-likeness (QED) is 0.712. The maximum Gasteiger partial charge on any atom is 0.196 e. The number of carbonyl (C=O) groups is 1. The average Bonchev–Trinajstić information content (AvgIpc) is 2.46. The van der Waals surface area contributed by atoms with Crippen LogP contribution < -0.4 is 9.47 Å². The highest BCUT2D eigenvalue weighted by atomic mass is 79.9. The van der Waals surface area contributed by atoms with Crippen molar-refractivity contribution in [1.82, 2.24) is 0 Å². The van der Waals surface area contributed by atoms with E-state index < -0.39 is 0 Å². The van der Waals surface area contributed by atoms with Gasteiger partial charge in [-0.2, -0.15) is 0 Å². The molecule has 0 atom stereocenters. The van der Waals surface area contributed by atoms with Gasteiger partial charge in [-0.15, -0.1) is 0 Å². The van der Waals surface area contributed by atoms with Gasteiger partial charge in [0, 0.05) is 10.0 Å². The van der Waals surface area contributed by atoms with Crippen LogP contribution in [0.1, 0.15) is 15.9 Å². The maximum atomic E-state index is 12.6. The molecule has 5 heteroatoms. The number of ketones is 1. The van der Waals surface area contributed by atoms with Crippen molar-refractivity contribution in [2.75, 3.05) is 14.2 Å². The highest BCUT2D eigenvalue weighted by Crippen LogP contribution is 2.29. The number of benzene rings is 2. The van der Waals surface area contributed by atoms with Gasteiger partial charge in [-0.1, -0.05) is 15.9 Å². The molecule has 0 aliphatic rings. The van der Waals surface area contributed by atoms with E-state index in [1.807, 2.05) is 6.07 Å². The first kappa shape index (κ1) is 15.1. The molecule has 0 aliphatic heterocycles. The standard InChI is InChI=1S/C15H12Br2O3/c1-19-13-6-4-10(16)8-11(13)15(18)9-3-5-14(20-2)12(17)7-9/h3-8H,1-2H3. The molecule has 0 amide bonds. The van der Waals surface area contributed by atoms with Gasteiger partial charge in [0.1, 0.15) is 11.5 Å². The molecule has 0 saturated carbocycles. The summed E-state index contributed by atoms with van der Waals surface area (Å²) in [7, 11) is 3.13. The molecular formula is C15H12Br2O3. The van der Waals surface area contributed by atoms with Crippen molar-refractivity contribution in [2.24, 2.45) is 0 Å². The van der Waals surface area contributed by atoms with E-state index in [2.05, 4.69) is 31.9 Å². The number of halogens is 2. The van der Waals surface area contributed by atoms with Crippen LogP contribution >= 0.6 is 31.9 Å². The van der Waals surface area contributed by atoms with Crippen LogP contribution in [0.5, 0.6) is 11.5 Å². The first-order chi connectivity index (χ1) is 9.56. The Labute approximate surface area is 134 Å². The first-order valence-corrected chi connectivity index (χ1v) is 7.37. The van der Waals surface area contributed by atoms with Crippen molar-refractivity contribution in [3.63, 3.8) is 0 Å². The van der Waals surface area contributed by atoms with Crippen LogP contribution in [0.3, 0.4) is 0 Å². The molecule has 0 saturated heterocycles. The number of ether oxygens (including phenoxy) is 2. The lowest BCUT2D eigenvalue weighted by Crippen LogP contribution is -2.04. The molecule has 0 radical (unpaired) electrons. The fourth-order valence-electron chi connectivity index (χ4n) is 1.82. The molecule has 2 aromatic rings. The first-order valence-electron chi connectivity index (χ1n) is 5.78. The number of hydrogen-bond donors (Lipinski definition) is 0. The van der Waals surface area contributed by atoms with E-state index in [9.17, 15) is 4.79 Å². The molecule has 0 N–H and O–H groups in total. The molecule has 0 bridgehead atoms. The van der Waals surface area contributed by atoms with Gasteiger partial charge in [-0.25, -0.2) is 0 Å². The number of hydrogen-bond acceptors (Lipinski definition) is 3. The van der Waals surface area contributed by atoms with Crippen LogP contribution in [0.25, 0.3) is 0 Å². The van der Waals surface area contributed by atoms with Gasteiger partial charge in [0.25, 0.3) is 0 Å². The van der Waals surface area contributed by atoms with Gasteiger partial charge >= 0.3 is 0 Å². The Bertz CT molecular complexity index is 654. The third kappa shape index (κ3) is 3.04. The third-order valence-electron chi connectivity index (χ3n) is 2.82. The minimum Gasteiger partial charge on any atom is -0.496 e. The molecule has 2 aromatic carbocycles. The van der Waals surface area contributed by atoms with Crippen molar-refractivity contribution < 1.29 is 14.3 Å². The van der Waals surface area contributed by atoms with Crippen molar-refractivity contribution in [3.05, 3.63) is 56.5 Å². The Morgan fingerprint density at radius 3 is 2.20 bits per heavy atom. The van der Waals surface area contributed by atoms with Crippen molar-refractivity contribution in [3.8, 4) is 11.5 Å². The molecule has 0 spiro atoms. The summed E-state index contributed by atoms with van der Waals surface area (Å²) in [6.45, 7) is 0. The summed E-state index contributed by atoms with van der Waals surface area (Å²) in [6.07, 6.45) is 0. The summed E-state index contributed by atoms with van der Waals surface area (Å²) >= 11 is 6.75. The lowest BCUT2D eigenvalue weighted by Gasteiger charge is -2.09. The minimum absolute atomic E-state index is 0.105.